The van der Waals surface area contributed by atoms with Crippen LogP contribution in [0, 0.1) is 0 Å². The molecule has 0 aliphatic carbocycles. The van der Waals surface area contributed by atoms with Crippen LogP contribution in [-0.2, 0) is 24.6 Å². The summed E-state index contributed by atoms with van der Waals surface area (Å²) < 4.78 is 0. The van der Waals surface area contributed by atoms with E-state index in [1.54, 1.807) is 13.8 Å². The summed E-state index contributed by atoms with van der Waals surface area (Å²) in [6.07, 6.45) is -1.11. The van der Waals surface area contributed by atoms with E-state index in [1.807, 2.05) is 0 Å². The molecule has 0 aliphatic heterocycles. The van der Waals surface area contributed by atoms with Crippen molar-refractivity contribution in [1.82, 2.24) is 0 Å². The molecule has 0 aromatic carbocycles. The van der Waals surface area contributed by atoms with Gasteiger partial charge in [0, 0.05) is 0 Å². The molecular formula is C5H10O6. The predicted molar refractivity (Wildman–Crippen MR) is 31.9 cm³/mol. The van der Waals surface area contributed by atoms with E-state index in [0.29, 0.717) is 0 Å². The Morgan fingerprint density at radius 1 is 1.09 bits per heavy atom. The number of hydrogen-bond acceptors (Lipinski definition) is 6. The van der Waals surface area contributed by atoms with Gasteiger partial charge in [0.1, 0.15) is 0 Å². The molecule has 0 aromatic heterocycles. The quantitative estimate of drug-likeness (QED) is 0.344. The smallest absolute Gasteiger partial charge is 0.257 e. The lowest BCUT2D eigenvalue weighted by atomic mass is 10.9. The van der Waals surface area contributed by atoms with Crippen LogP contribution in [0.15, 0.2) is 0 Å². The first-order valence-corrected chi connectivity index (χ1v) is 3.10. The maximum atomic E-state index is 10.3. The molecule has 0 amide bonds. The molecule has 0 heterocycles. The first-order valence-electron chi connectivity index (χ1n) is 3.10. The van der Waals surface area contributed by atoms with Crippen LogP contribution >= 0.6 is 0 Å². The summed E-state index contributed by atoms with van der Waals surface area (Å²) in [5.74, 6) is 0. The van der Waals surface area contributed by atoms with Gasteiger partial charge in [0.2, 0.25) is 0 Å². The Balaban J connectivity index is 3.09. The lowest BCUT2D eigenvalue weighted by molar-refractivity contribution is -0.492. The molecule has 0 bridgehead atoms. The average Bonchev–Trinajstić information content (AvgIpc) is 2.01. The molecule has 0 unspecified atom stereocenters. The Kier molecular flexibility index (Phi) is 6.70. The van der Waals surface area contributed by atoms with Gasteiger partial charge in [0.25, 0.3) is 0 Å². The summed E-state index contributed by atoms with van der Waals surface area (Å²) >= 11 is 0. The molecular weight excluding hydrogens is 156 g/mol. The minimum atomic E-state index is -1.11. The van der Waals surface area contributed by atoms with Gasteiger partial charge in [0.05, 0.1) is 13.2 Å². The minimum Gasteiger partial charge on any atom is -0.257 e. The summed E-state index contributed by atoms with van der Waals surface area (Å²) in [7, 11) is 0. The number of carbonyl (C=O) groups is 1. The molecule has 0 fully saturated rings. The highest BCUT2D eigenvalue weighted by molar-refractivity contribution is 5.57. The van der Waals surface area contributed by atoms with Gasteiger partial charge < -0.3 is 0 Å². The van der Waals surface area contributed by atoms with Crippen LogP contribution in [0.25, 0.3) is 0 Å². The Hall–Kier alpha value is -0.850. The highest BCUT2D eigenvalue weighted by Gasteiger charge is 2.05. The SMILES string of the molecule is CCOOOC(=O)OOCC. The molecule has 0 radical (unpaired) electrons. The third-order valence-electron chi connectivity index (χ3n) is 0.513. The third-order valence-corrected chi connectivity index (χ3v) is 0.513. The molecule has 0 aliphatic rings. The van der Waals surface area contributed by atoms with Crippen molar-refractivity contribution < 1.29 is 29.4 Å². The molecule has 0 saturated heterocycles. The molecule has 0 saturated carbocycles. The van der Waals surface area contributed by atoms with Crippen molar-refractivity contribution >= 4 is 6.16 Å². The summed E-state index contributed by atoms with van der Waals surface area (Å²) in [4.78, 5) is 26.6. The van der Waals surface area contributed by atoms with E-state index in [1.165, 1.54) is 0 Å². The van der Waals surface area contributed by atoms with E-state index in [0.717, 1.165) is 0 Å². The van der Waals surface area contributed by atoms with Crippen LogP contribution in [0.3, 0.4) is 0 Å². The molecule has 0 spiro atoms. The topological polar surface area (TPSA) is 63.2 Å². The van der Waals surface area contributed by atoms with Gasteiger partial charge in [-0.15, -0.1) is 0 Å². The molecule has 0 atom stereocenters. The van der Waals surface area contributed by atoms with E-state index in [2.05, 4.69) is 24.6 Å². The highest BCUT2D eigenvalue weighted by Crippen LogP contribution is 1.88. The van der Waals surface area contributed by atoms with Crippen LogP contribution < -0.4 is 0 Å². The number of hydrogen-bond donors (Lipinski definition) is 0. The van der Waals surface area contributed by atoms with Gasteiger partial charge in [0.15, 0.2) is 0 Å². The second-order valence-corrected chi connectivity index (χ2v) is 1.30. The van der Waals surface area contributed by atoms with Crippen LogP contribution in [0.5, 0.6) is 0 Å². The zero-order chi connectivity index (χ0) is 8.53. The van der Waals surface area contributed by atoms with E-state index in [-0.39, 0.29) is 13.2 Å². The fourth-order valence-electron chi connectivity index (χ4n) is 0.221. The summed E-state index contributed by atoms with van der Waals surface area (Å²) in [6.45, 7) is 3.82. The standard InChI is InChI=1S/C5H10O6/c1-3-7-9-5(6)10-11-8-4-2/h3-4H2,1-2H3. The van der Waals surface area contributed by atoms with Gasteiger partial charge >= 0.3 is 6.16 Å². The molecule has 11 heavy (non-hydrogen) atoms. The largest absolute Gasteiger partial charge is 0.575 e. The van der Waals surface area contributed by atoms with E-state index in [9.17, 15) is 4.79 Å². The van der Waals surface area contributed by atoms with Gasteiger partial charge in [-0.05, 0) is 18.9 Å². The Morgan fingerprint density at radius 2 is 1.73 bits per heavy atom. The number of carbonyl (C=O) groups excluding carboxylic acids is 1. The average molecular weight is 166 g/mol. The van der Waals surface area contributed by atoms with Gasteiger partial charge in [-0.25, -0.2) is 4.89 Å². The van der Waals surface area contributed by atoms with Crippen molar-refractivity contribution in [3.63, 3.8) is 0 Å². The fraction of sp³-hybridized carbons (Fsp3) is 0.800. The third kappa shape index (κ3) is 7.04. The van der Waals surface area contributed by atoms with Crippen LogP contribution in [-0.4, -0.2) is 19.4 Å². The normalized spacial score (nSPS) is 9.27. The molecule has 0 rings (SSSR count). The highest BCUT2D eigenvalue weighted by atomic mass is 17.5. The Bertz CT molecular complexity index is 103. The van der Waals surface area contributed by atoms with Crippen molar-refractivity contribution in [3.8, 4) is 0 Å². The maximum Gasteiger partial charge on any atom is 0.575 e. The molecule has 6 nitrogen and oxygen atoms in total. The zero-order valence-electron chi connectivity index (χ0n) is 6.36. The van der Waals surface area contributed by atoms with Gasteiger partial charge in [-0.1, -0.05) is 0 Å². The van der Waals surface area contributed by atoms with Gasteiger partial charge in [-0.3, -0.25) is 4.89 Å². The fourth-order valence-corrected chi connectivity index (χ4v) is 0.221. The Morgan fingerprint density at radius 3 is 2.27 bits per heavy atom. The first-order chi connectivity index (χ1) is 5.31. The Labute approximate surface area is 63.7 Å². The molecule has 0 aromatic rings. The second-order valence-electron chi connectivity index (χ2n) is 1.30. The van der Waals surface area contributed by atoms with Crippen molar-refractivity contribution in [2.75, 3.05) is 13.2 Å². The maximum absolute atomic E-state index is 10.3. The summed E-state index contributed by atoms with van der Waals surface area (Å²) in [5, 5.41) is 3.89. The lowest BCUT2D eigenvalue weighted by Crippen LogP contribution is -2.08. The predicted octanol–water partition coefficient (Wildman–Crippen LogP) is 0.974. The second kappa shape index (κ2) is 7.26. The van der Waals surface area contributed by atoms with E-state index in [4.69, 9.17) is 0 Å². The van der Waals surface area contributed by atoms with Crippen molar-refractivity contribution in [2.45, 2.75) is 13.8 Å². The molecule has 66 valence electrons. The first kappa shape index (κ1) is 10.2. The summed E-state index contributed by atoms with van der Waals surface area (Å²) in [5.41, 5.74) is 0. The van der Waals surface area contributed by atoms with Crippen molar-refractivity contribution in [3.05, 3.63) is 0 Å². The van der Waals surface area contributed by atoms with Crippen LogP contribution in [0.4, 0.5) is 4.79 Å². The van der Waals surface area contributed by atoms with Crippen molar-refractivity contribution in [2.24, 2.45) is 0 Å². The molecule has 0 N–H and O–H groups in total. The minimum absolute atomic E-state index is 0.240. The molecule has 6 heteroatoms. The van der Waals surface area contributed by atoms with E-state index < -0.39 is 6.16 Å². The zero-order valence-corrected chi connectivity index (χ0v) is 6.36. The lowest BCUT2D eigenvalue weighted by Gasteiger charge is -1.99. The van der Waals surface area contributed by atoms with E-state index >= 15 is 0 Å². The summed E-state index contributed by atoms with van der Waals surface area (Å²) in [6, 6.07) is 0. The van der Waals surface area contributed by atoms with Crippen molar-refractivity contribution in [1.29, 1.82) is 0 Å². The monoisotopic (exact) mass is 166 g/mol. The van der Waals surface area contributed by atoms with Gasteiger partial charge in [-0.2, -0.15) is 14.6 Å². The number of rotatable bonds is 5. The van der Waals surface area contributed by atoms with Crippen LogP contribution in [0.1, 0.15) is 13.8 Å². The van der Waals surface area contributed by atoms with Crippen LogP contribution in [0.2, 0.25) is 0 Å².